The van der Waals surface area contributed by atoms with E-state index < -0.39 is 17.2 Å². The minimum Gasteiger partial charge on any atom is -0.384 e. The molecule has 0 aliphatic heterocycles. The zero-order valence-corrected chi connectivity index (χ0v) is 8.81. The Morgan fingerprint density at radius 3 is 2.07 bits per heavy atom. The molecule has 1 rings (SSSR count). The van der Waals surface area contributed by atoms with Crippen LogP contribution < -0.4 is 5.73 Å². The predicted molar refractivity (Wildman–Crippen MR) is 52.4 cm³/mol. The molecule has 1 aromatic rings. The molecule has 15 heavy (non-hydrogen) atoms. The van der Waals surface area contributed by atoms with Gasteiger partial charge in [-0.1, -0.05) is 20.8 Å². The molecule has 0 aliphatic rings. The number of aromatic nitrogens is 1. The number of pyridine rings is 1. The van der Waals surface area contributed by atoms with Gasteiger partial charge < -0.3 is 5.73 Å². The van der Waals surface area contributed by atoms with Crippen molar-refractivity contribution in [3.05, 3.63) is 23.4 Å². The van der Waals surface area contributed by atoms with Gasteiger partial charge in [0.25, 0.3) is 0 Å². The van der Waals surface area contributed by atoms with Crippen molar-refractivity contribution in [2.75, 3.05) is 5.73 Å². The van der Waals surface area contributed by atoms with Crippen molar-refractivity contribution in [1.82, 2.24) is 4.98 Å². The Morgan fingerprint density at radius 1 is 1.13 bits per heavy atom. The van der Waals surface area contributed by atoms with E-state index in [0.29, 0.717) is 5.69 Å². The van der Waals surface area contributed by atoms with Gasteiger partial charge in [-0.2, -0.15) is 13.2 Å². The van der Waals surface area contributed by atoms with Crippen LogP contribution in [0.4, 0.5) is 19.0 Å². The maximum atomic E-state index is 12.5. The van der Waals surface area contributed by atoms with Gasteiger partial charge in [0.15, 0.2) is 0 Å². The van der Waals surface area contributed by atoms with E-state index in [2.05, 4.69) is 4.98 Å². The van der Waals surface area contributed by atoms with E-state index in [9.17, 15) is 13.2 Å². The first-order chi connectivity index (χ1) is 6.60. The average Bonchev–Trinajstić information content (AvgIpc) is 1.99. The van der Waals surface area contributed by atoms with Crippen LogP contribution >= 0.6 is 0 Å². The number of anilines is 1. The van der Waals surface area contributed by atoms with Crippen LogP contribution in [0.2, 0.25) is 0 Å². The molecule has 0 spiro atoms. The quantitative estimate of drug-likeness (QED) is 0.727. The van der Waals surface area contributed by atoms with Crippen molar-refractivity contribution in [2.24, 2.45) is 0 Å². The molecule has 1 aromatic heterocycles. The number of nitrogens with two attached hydrogens (primary N) is 1. The summed E-state index contributed by atoms with van der Waals surface area (Å²) in [5.74, 6) is -0.102. The van der Waals surface area contributed by atoms with Crippen LogP contribution in [0.15, 0.2) is 12.1 Å². The van der Waals surface area contributed by atoms with Crippen LogP contribution in [-0.2, 0) is 11.6 Å². The lowest BCUT2D eigenvalue weighted by Crippen LogP contribution is -2.17. The summed E-state index contributed by atoms with van der Waals surface area (Å²) in [6.45, 7) is 5.36. The molecule has 0 atom stereocenters. The minimum atomic E-state index is -4.38. The van der Waals surface area contributed by atoms with Gasteiger partial charge in [0.2, 0.25) is 0 Å². The average molecular weight is 218 g/mol. The Balaban J connectivity index is 3.30. The summed E-state index contributed by atoms with van der Waals surface area (Å²) < 4.78 is 37.4. The normalized spacial score (nSPS) is 12.9. The third kappa shape index (κ3) is 2.84. The Kier molecular flexibility index (Phi) is 2.67. The third-order valence-corrected chi connectivity index (χ3v) is 1.94. The molecule has 0 bridgehead atoms. The first-order valence-electron chi connectivity index (χ1n) is 4.46. The predicted octanol–water partition coefficient (Wildman–Crippen LogP) is 2.98. The fraction of sp³-hybridized carbons (Fsp3) is 0.500. The highest BCUT2D eigenvalue weighted by Gasteiger charge is 2.32. The van der Waals surface area contributed by atoms with Crippen molar-refractivity contribution in [2.45, 2.75) is 32.4 Å². The number of rotatable bonds is 0. The molecular weight excluding hydrogens is 205 g/mol. The van der Waals surface area contributed by atoms with E-state index >= 15 is 0 Å². The smallest absolute Gasteiger partial charge is 0.384 e. The second kappa shape index (κ2) is 3.40. The van der Waals surface area contributed by atoms with Crippen LogP contribution in [0.5, 0.6) is 0 Å². The van der Waals surface area contributed by atoms with Crippen LogP contribution in [0.1, 0.15) is 32.0 Å². The molecule has 0 unspecified atom stereocenters. The van der Waals surface area contributed by atoms with E-state index in [1.165, 1.54) is 0 Å². The van der Waals surface area contributed by atoms with Gasteiger partial charge in [-0.05, 0) is 12.1 Å². The van der Waals surface area contributed by atoms with E-state index in [1.54, 1.807) is 20.8 Å². The summed E-state index contributed by atoms with van der Waals surface area (Å²) >= 11 is 0. The molecule has 0 radical (unpaired) electrons. The van der Waals surface area contributed by atoms with Crippen molar-refractivity contribution >= 4 is 5.82 Å². The Morgan fingerprint density at radius 2 is 1.67 bits per heavy atom. The topological polar surface area (TPSA) is 38.9 Å². The lowest BCUT2D eigenvalue weighted by Gasteiger charge is -2.19. The molecule has 0 saturated heterocycles. The molecule has 0 aromatic carbocycles. The standard InChI is InChI=1S/C10H13F3N2/c1-9(2,3)7-4-6(10(11,12)13)5-8(14)15-7/h4-5H,1-3H3,(H2,14,15). The summed E-state index contributed by atoms with van der Waals surface area (Å²) in [6.07, 6.45) is -4.38. The zero-order valence-electron chi connectivity index (χ0n) is 8.81. The highest BCUT2D eigenvalue weighted by molar-refractivity contribution is 5.38. The minimum absolute atomic E-state index is 0.102. The highest BCUT2D eigenvalue weighted by Crippen LogP contribution is 2.32. The summed E-state index contributed by atoms with van der Waals surface area (Å²) in [5, 5.41) is 0. The number of hydrogen-bond acceptors (Lipinski definition) is 2. The van der Waals surface area contributed by atoms with Gasteiger partial charge in [0, 0.05) is 11.1 Å². The maximum absolute atomic E-state index is 12.5. The Bertz CT molecular complexity index is 332. The molecular formula is C10H13F3N2. The summed E-state index contributed by atoms with van der Waals surface area (Å²) in [5.41, 5.74) is 4.48. The molecule has 0 aliphatic carbocycles. The van der Waals surface area contributed by atoms with E-state index in [0.717, 1.165) is 12.1 Å². The van der Waals surface area contributed by atoms with Crippen LogP contribution in [0.25, 0.3) is 0 Å². The molecule has 0 fully saturated rings. The molecule has 2 N–H and O–H groups in total. The van der Waals surface area contributed by atoms with Gasteiger partial charge in [-0.15, -0.1) is 0 Å². The first-order valence-corrected chi connectivity index (χ1v) is 4.46. The van der Waals surface area contributed by atoms with Gasteiger partial charge in [-0.25, -0.2) is 4.98 Å². The van der Waals surface area contributed by atoms with Gasteiger partial charge in [-0.3, -0.25) is 0 Å². The van der Waals surface area contributed by atoms with Crippen LogP contribution in [0, 0.1) is 0 Å². The molecule has 0 saturated carbocycles. The number of alkyl halides is 3. The molecule has 0 amide bonds. The highest BCUT2D eigenvalue weighted by atomic mass is 19.4. The largest absolute Gasteiger partial charge is 0.416 e. The van der Waals surface area contributed by atoms with E-state index in [4.69, 9.17) is 5.73 Å². The van der Waals surface area contributed by atoms with Gasteiger partial charge in [0.1, 0.15) is 5.82 Å². The van der Waals surface area contributed by atoms with Crippen LogP contribution in [0.3, 0.4) is 0 Å². The first kappa shape index (κ1) is 11.8. The third-order valence-electron chi connectivity index (χ3n) is 1.94. The molecule has 2 nitrogen and oxygen atoms in total. The van der Waals surface area contributed by atoms with Gasteiger partial charge in [0.05, 0.1) is 5.56 Å². The summed E-state index contributed by atoms with van der Waals surface area (Å²) in [7, 11) is 0. The number of nitrogens with zero attached hydrogens (tertiary/aromatic N) is 1. The second-order valence-electron chi connectivity index (χ2n) is 4.41. The SMILES string of the molecule is CC(C)(C)c1cc(C(F)(F)F)cc(N)n1. The summed E-state index contributed by atoms with van der Waals surface area (Å²) in [4.78, 5) is 3.90. The lowest BCUT2D eigenvalue weighted by molar-refractivity contribution is -0.137. The van der Waals surface area contributed by atoms with Crippen molar-refractivity contribution in [1.29, 1.82) is 0 Å². The van der Waals surface area contributed by atoms with Crippen LogP contribution in [-0.4, -0.2) is 4.98 Å². The summed E-state index contributed by atoms with van der Waals surface area (Å²) in [6, 6.07) is 1.88. The molecule has 84 valence electrons. The Hall–Kier alpha value is -1.26. The zero-order chi connectivity index (χ0) is 11.9. The van der Waals surface area contributed by atoms with E-state index in [-0.39, 0.29) is 5.82 Å². The van der Waals surface area contributed by atoms with Gasteiger partial charge >= 0.3 is 6.18 Å². The molecule has 1 heterocycles. The van der Waals surface area contributed by atoms with Crippen molar-refractivity contribution < 1.29 is 13.2 Å². The monoisotopic (exact) mass is 218 g/mol. The molecule has 5 heteroatoms. The van der Waals surface area contributed by atoms with Crippen molar-refractivity contribution in [3.63, 3.8) is 0 Å². The second-order valence-corrected chi connectivity index (χ2v) is 4.41. The fourth-order valence-electron chi connectivity index (χ4n) is 1.10. The van der Waals surface area contributed by atoms with Crippen molar-refractivity contribution in [3.8, 4) is 0 Å². The maximum Gasteiger partial charge on any atom is 0.416 e. The Labute approximate surface area is 86.3 Å². The number of nitrogen functional groups attached to an aromatic ring is 1. The number of hydrogen-bond donors (Lipinski definition) is 1. The lowest BCUT2D eigenvalue weighted by atomic mass is 9.90. The van der Waals surface area contributed by atoms with E-state index in [1.807, 2.05) is 0 Å². The fourth-order valence-corrected chi connectivity index (χ4v) is 1.10. The number of halogens is 3.